The van der Waals surface area contributed by atoms with Gasteiger partial charge in [0.25, 0.3) is 0 Å². The Balaban J connectivity index is 1.64. The number of imidazole rings is 1. The van der Waals surface area contributed by atoms with Gasteiger partial charge in [-0.3, -0.25) is 0 Å². The predicted molar refractivity (Wildman–Crippen MR) is 86.5 cm³/mol. The molecule has 3 heterocycles. The third kappa shape index (κ3) is 3.23. The molecule has 3 rings (SSSR count). The molecule has 114 valence electrons. The lowest BCUT2D eigenvalue weighted by Crippen LogP contribution is -2.44. The molecule has 1 aliphatic heterocycles. The van der Waals surface area contributed by atoms with Crippen LogP contribution in [0, 0.1) is 0 Å². The average molecular weight is 374 g/mol. The number of nitrogens with one attached hydrogen (secondary N) is 1. The van der Waals surface area contributed by atoms with Crippen molar-refractivity contribution in [3.63, 3.8) is 0 Å². The van der Waals surface area contributed by atoms with Crippen molar-refractivity contribution in [2.75, 3.05) is 6.54 Å². The van der Waals surface area contributed by atoms with Crippen LogP contribution in [0.3, 0.4) is 0 Å². The van der Waals surface area contributed by atoms with Crippen molar-refractivity contribution in [3.05, 3.63) is 22.0 Å². The van der Waals surface area contributed by atoms with Crippen LogP contribution in [0.25, 0.3) is 11.2 Å². The van der Waals surface area contributed by atoms with Crippen molar-refractivity contribution in [1.82, 2.24) is 19.9 Å². The molecule has 7 heteroatoms. The maximum atomic E-state index is 9.95. The van der Waals surface area contributed by atoms with Gasteiger partial charge in [0.2, 0.25) is 0 Å². The van der Waals surface area contributed by atoms with E-state index in [1.54, 1.807) is 12.5 Å². The number of pyridine rings is 1. The normalized spacial score (nSPS) is 22.8. The lowest BCUT2D eigenvalue weighted by atomic mass is 9.97. The van der Waals surface area contributed by atoms with E-state index in [0.717, 1.165) is 54.4 Å². The van der Waals surface area contributed by atoms with Crippen LogP contribution in [0.5, 0.6) is 0 Å². The average Bonchev–Trinajstić information content (AvgIpc) is 2.89. The van der Waals surface area contributed by atoms with E-state index in [-0.39, 0.29) is 12.1 Å². The van der Waals surface area contributed by atoms with Gasteiger partial charge in [-0.05, 0) is 48.2 Å². The number of hydrogen-bond acceptors (Lipinski definition) is 4. The molecular formula is C14H18BrClN4O. The van der Waals surface area contributed by atoms with E-state index < -0.39 is 0 Å². The molecule has 2 aromatic rings. The molecule has 0 unspecified atom stereocenters. The van der Waals surface area contributed by atoms with Crippen LogP contribution >= 0.6 is 27.5 Å². The zero-order chi connectivity index (χ0) is 14.8. The fraction of sp³-hybridized carbons (Fsp3) is 0.571. The Hall–Kier alpha value is -0.690. The number of aromatic nitrogens is 3. The molecule has 0 amide bonds. The fourth-order valence-corrected chi connectivity index (χ4v) is 3.30. The monoisotopic (exact) mass is 372 g/mol. The topological polar surface area (TPSA) is 63.0 Å². The Bertz CT molecular complexity index is 633. The molecule has 5 nitrogen and oxygen atoms in total. The Morgan fingerprint density at radius 3 is 3.14 bits per heavy atom. The molecular weight excluding hydrogens is 356 g/mol. The first kappa shape index (κ1) is 15.2. The summed E-state index contributed by atoms with van der Waals surface area (Å²) in [7, 11) is 0. The van der Waals surface area contributed by atoms with Crippen LogP contribution in [0.4, 0.5) is 0 Å². The third-order valence-electron chi connectivity index (χ3n) is 3.99. The van der Waals surface area contributed by atoms with Crippen LogP contribution in [-0.4, -0.2) is 38.3 Å². The van der Waals surface area contributed by atoms with Gasteiger partial charge in [0, 0.05) is 18.8 Å². The Labute approximate surface area is 136 Å². The summed E-state index contributed by atoms with van der Waals surface area (Å²) in [6.07, 6.45) is 7.14. The molecule has 0 bridgehead atoms. The van der Waals surface area contributed by atoms with Crippen LogP contribution in [0.2, 0.25) is 5.02 Å². The predicted octanol–water partition coefficient (Wildman–Crippen LogP) is 2.74. The molecule has 1 fully saturated rings. The Kier molecular flexibility index (Phi) is 4.78. The summed E-state index contributed by atoms with van der Waals surface area (Å²) in [6.45, 7) is 1.83. The number of rotatable bonds is 4. The summed E-state index contributed by atoms with van der Waals surface area (Å²) in [5, 5.41) is 13.9. The first-order valence-corrected chi connectivity index (χ1v) is 8.40. The summed E-state index contributed by atoms with van der Waals surface area (Å²) < 4.78 is 2.78. The highest BCUT2D eigenvalue weighted by Gasteiger charge is 2.21. The molecule has 0 radical (unpaired) electrons. The van der Waals surface area contributed by atoms with Gasteiger partial charge in [0.1, 0.15) is 5.52 Å². The maximum Gasteiger partial charge on any atom is 0.161 e. The van der Waals surface area contributed by atoms with Crippen molar-refractivity contribution < 1.29 is 5.11 Å². The number of hydrogen-bond donors (Lipinski definition) is 2. The van der Waals surface area contributed by atoms with Crippen molar-refractivity contribution in [1.29, 1.82) is 0 Å². The molecule has 1 saturated heterocycles. The lowest BCUT2D eigenvalue weighted by Gasteiger charge is -2.28. The first-order valence-electron chi connectivity index (χ1n) is 7.23. The second-order valence-electron chi connectivity index (χ2n) is 5.44. The van der Waals surface area contributed by atoms with Gasteiger partial charge in [-0.2, -0.15) is 0 Å². The van der Waals surface area contributed by atoms with Crippen molar-refractivity contribution in [2.24, 2.45) is 0 Å². The van der Waals surface area contributed by atoms with E-state index in [1.807, 2.05) is 4.57 Å². The van der Waals surface area contributed by atoms with Crippen molar-refractivity contribution in [3.8, 4) is 0 Å². The largest absolute Gasteiger partial charge is 0.392 e. The van der Waals surface area contributed by atoms with Gasteiger partial charge in [0.05, 0.1) is 21.9 Å². The van der Waals surface area contributed by atoms with Gasteiger partial charge in [-0.25, -0.2) is 9.97 Å². The highest BCUT2D eigenvalue weighted by Crippen LogP contribution is 2.28. The standard InChI is InChI=1S/C14H18BrClN4O/c15-9-7-18-14-13(12(9)16)19-8-20(14)6-2-3-10-11(21)4-1-5-17-10/h7-8,10-11,17,21H,1-6H2/t10-,11+/m1/s1. The molecule has 1 aliphatic rings. The lowest BCUT2D eigenvalue weighted by molar-refractivity contribution is 0.0909. The van der Waals surface area contributed by atoms with Crippen LogP contribution in [-0.2, 0) is 6.54 Å². The SMILES string of the molecule is O[C@H]1CCCN[C@@H]1CCCn1cnc2c(Cl)c(Br)cnc21. The number of aryl methyl sites for hydroxylation is 1. The smallest absolute Gasteiger partial charge is 0.161 e. The van der Waals surface area contributed by atoms with E-state index in [1.165, 1.54) is 0 Å². The van der Waals surface area contributed by atoms with Crippen molar-refractivity contribution >= 4 is 38.7 Å². The number of nitrogens with zero attached hydrogens (tertiary/aromatic N) is 3. The van der Waals surface area contributed by atoms with E-state index in [2.05, 4.69) is 31.2 Å². The summed E-state index contributed by atoms with van der Waals surface area (Å²) >= 11 is 9.57. The highest BCUT2D eigenvalue weighted by atomic mass is 79.9. The minimum atomic E-state index is -0.221. The minimum absolute atomic E-state index is 0.208. The Morgan fingerprint density at radius 2 is 2.33 bits per heavy atom. The molecule has 21 heavy (non-hydrogen) atoms. The summed E-state index contributed by atoms with van der Waals surface area (Å²) in [6, 6.07) is 0.208. The van der Waals surface area contributed by atoms with E-state index in [9.17, 15) is 5.11 Å². The van der Waals surface area contributed by atoms with Crippen LogP contribution < -0.4 is 5.32 Å². The first-order chi connectivity index (χ1) is 10.2. The maximum absolute atomic E-state index is 9.95. The van der Waals surface area contributed by atoms with E-state index in [0.29, 0.717) is 5.02 Å². The summed E-state index contributed by atoms with van der Waals surface area (Å²) in [4.78, 5) is 8.72. The van der Waals surface area contributed by atoms with E-state index in [4.69, 9.17) is 11.6 Å². The van der Waals surface area contributed by atoms with E-state index >= 15 is 0 Å². The van der Waals surface area contributed by atoms with Gasteiger partial charge < -0.3 is 15.0 Å². The van der Waals surface area contributed by atoms with Crippen LogP contribution in [0.15, 0.2) is 17.0 Å². The van der Waals surface area contributed by atoms with Crippen molar-refractivity contribution in [2.45, 2.75) is 44.4 Å². The summed E-state index contributed by atoms with van der Waals surface area (Å²) in [5.41, 5.74) is 1.53. The number of halogens is 2. The molecule has 0 aromatic carbocycles. The quantitative estimate of drug-likeness (QED) is 0.865. The molecule has 2 aromatic heterocycles. The number of fused-ring (bicyclic) bond motifs is 1. The zero-order valence-corrected chi connectivity index (χ0v) is 13.9. The number of piperidine rings is 1. The third-order valence-corrected chi connectivity index (χ3v) is 5.20. The molecule has 0 saturated carbocycles. The van der Waals surface area contributed by atoms with Gasteiger partial charge in [-0.1, -0.05) is 11.6 Å². The number of aliphatic hydroxyl groups excluding tert-OH is 1. The molecule has 2 N–H and O–H groups in total. The second-order valence-corrected chi connectivity index (χ2v) is 6.68. The molecule has 2 atom stereocenters. The van der Waals surface area contributed by atoms with Gasteiger partial charge in [0.15, 0.2) is 5.65 Å². The second kappa shape index (κ2) is 6.60. The minimum Gasteiger partial charge on any atom is -0.392 e. The fourth-order valence-electron chi connectivity index (χ4n) is 2.83. The van der Waals surface area contributed by atoms with Gasteiger partial charge >= 0.3 is 0 Å². The summed E-state index contributed by atoms with van der Waals surface area (Å²) in [5.74, 6) is 0. The molecule has 0 aliphatic carbocycles. The molecule has 0 spiro atoms. The number of aliphatic hydroxyl groups is 1. The van der Waals surface area contributed by atoms with Crippen LogP contribution in [0.1, 0.15) is 25.7 Å². The highest BCUT2D eigenvalue weighted by molar-refractivity contribution is 9.10. The zero-order valence-electron chi connectivity index (χ0n) is 11.6. The van der Waals surface area contributed by atoms with Gasteiger partial charge in [-0.15, -0.1) is 0 Å². The Morgan fingerprint density at radius 1 is 1.48 bits per heavy atom.